The van der Waals surface area contributed by atoms with Crippen molar-refractivity contribution in [3.8, 4) is 0 Å². The second-order valence-electron chi connectivity index (χ2n) is 13.6. The summed E-state index contributed by atoms with van der Waals surface area (Å²) in [6.07, 6.45) is 8.80. The van der Waals surface area contributed by atoms with Crippen molar-refractivity contribution in [1.82, 2.24) is 0 Å². The van der Waals surface area contributed by atoms with Crippen LogP contribution in [0, 0.1) is 28.1 Å². The molecule has 194 valence electrons. The summed E-state index contributed by atoms with van der Waals surface area (Å²) in [5.41, 5.74) is -1.39. The summed E-state index contributed by atoms with van der Waals surface area (Å²) in [6.45, 7) is 13.1. The van der Waals surface area contributed by atoms with Gasteiger partial charge in [-0.25, -0.2) is 0 Å². The van der Waals surface area contributed by atoms with Gasteiger partial charge in [-0.3, -0.25) is 9.59 Å². The van der Waals surface area contributed by atoms with Crippen LogP contribution in [0.15, 0.2) is 0 Å². The average Bonchev–Trinajstić information content (AvgIpc) is 2.68. The lowest BCUT2D eigenvalue weighted by Gasteiger charge is -2.70. The lowest BCUT2D eigenvalue weighted by Crippen LogP contribution is -2.68. The molecule has 6 nitrogen and oxygen atoms in total. The largest absolute Gasteiger partial charge is 0.459 e. The fourth-order valence-electron chi connectivity index (χ4n) is 8.72. The van der Waals surface area contributed by atoms with Crippen molar-refractivity contribution in [2.45, 2.75) is 130 Å². The van der Waals surface area contributed by atoms with E-state index in [1.54, 1.807) is 0 Å². The molecule has 1 saturated heterocycles. The molecule has 0 radical (unpaired) electrons. The first-order valence-electron chi connectivity index (χ1n) is 13.5. The Hall–Kier alpha value is -1.14. The molecular formula is C28H46O6. The van der Waals surface area contributed by atoms with Gasteiger partial charge in [0.2, 0.25) is 6.29 Å². The highest BCUT2D eigenvalue weighted by molar-refractivity contribution is 5.76. The Balaban J connectivity index is 1.41. The molecule has 4 saturated carbocycles. The van der Waals surface area contributed by atoms with Crippen LogP contribution >= 0.6 is 0 Å². The first kappa shape index (κ1) is 25.9. The van der Waals surface area contributed by atoms with Gasteiger partial charge in [-0.2, -0.15) is 0 Å². The number of hydrogen-bond acceptors (Lipinski definition) is 6. The van der Waals surface area contributed by atoms with Gasteiger partial charge in [0.05, 0.1) is 24.0 Å². The molecular weight excluding hydrogens is 432 g/mol. The number of esters is 2. The van der Waals surface area contributed by atoms with Crippen LogP contribution in [0.25, 0.3) is 0 Å². The molecule has 1 heterocycles. The van der Waals surface area contributed by atoms with Crippen LogP contribution in [0.5, 0.6) is 0 Å². The molecule has 0 aromatic rings. The Morgan fingerprint density at radius 2 is 1.68 bits per heavy atom. The van der Waals surface area contributed by atoms with Crippen LogP contribution in [-0.4, -0.2) is 41.1 Å². The number of ether oxygens (including phenoxy) is 3. The predicted octanol–water partition coefficient (Wildman–Crippen LogP) is 5.54. The summed E-state index contributed by atoms with van der Waals surface area (Å²) >= 11 is 0. The molecule has 1 N–H and O–H groups in total. The van der Waals surface area contributed by atoms with Crippen molar-refractivity contribution in [2.75, 3.05) is 6.61 Å². The van der Waals surface area contributed by atoms with Crippen molar-refractivity contribution in [2.24, 2.45) is 28.1 Å². The maximum Gasteiger partial charge on any atom is 0.310 e. The minimum absolute atomic E-state index is 0.0888. The van der Waals surface area contributed by atoms with Crippen molar-refractivity contribution >= 4 is 11.9 Å². The lowest BCUT2D eigenvalue weighted by molar-refractivity contribution is -0.273. The molecule has 0 amide bonds. The Kier molecular flexibility index (Phi) is 6.68. The van der Waals surface area contributed by atoms with E-state index < -0.39 is 23.4 Å². The topological polar surface area (TPSA) is 82.1 Å². The maximum atomic E-state index is 13.4. The van der Waals surface area contributed by atoms with E-state index in [1.165, 1.54) is 0 Å². The third kappa shape index (κ3) is 4.91. The standard InChI is InChI=1S/C28H46O6/c1-7-20(12-19(2)22(29)33-21-10-8-9-11-32-21)23(30)34-24(3,4)27-14-25(5)13-26(6,15-27)17-28(31,16-25)18-27/h19-21,31H,7-18H2,1-6H3. The molecule has 4 aliphatic carbocycles. The highest BCUT2D eigenvalue weighted by Crippen LogP contribution is 2.73. The van der Waals surface area contributed by atoms with Gasteiger partial charge in [-0.1, -0.05) is 27.7 Å². The first-order valence-corrected chi connectivity index (χ1v) is 13.5. The van der Waals surface area contributed by atoms with Crippen molar-refractivity contribution in [3.05, 3.63) is 0 Å². The van der Waals surface area contributed by atoms with Gasteiger partial charge >= 0.3 is 11.9 Å². The van der Waals surface area contributed by atoms with Gasteiger partial charge in [0.15, 0.2) is 0 Å². The molecule has 0 aromatic carbocycles. The summed E-state index contributed by atoms with van der Waals surface area (Å²) in [6, 6.07) is 0. The van der Waals surface area contributed by atoms with E-state index in [-0.39, 0.29) is 34.1 Å². The summed E-state index contributed by atoms with van der Waals surface area (Å²) < 4.78 is 17.4. The smallest absolute Gasteiger partial charge is 0.310 e. The van der Waals surface area contributed by atoms with Gasteiger partial charge in [-0.15, -0.1) is 0 Å². The fraction of sp³-hybridized carbons (Fsp3) is 0.929. The normalized spacial score (nSPS) is 41.1. The SMILES string of the molecule is CCC(CC(C)C(=O)OC1CCCCO1)C(=O)OC(C)(C)C12CC3(C)CC(C)(CC(O)(C3)C1)C2. The van der Waals surface area contributed by atoms with Gasteiger partial charge in [-0.05, 0) is 88.9 Å². The minimum atomic E-state index is -0.686. The first-order chi connectivity index (χ1) is 15.7. The van der Waals surface area contributed by atoms with E-state index in [2.05, 4.69) is 13.8 Å². The van der Waals surface area contributed by atoms with E-state index in [0.29, 0.717) is 25.9 Å². The zero-order valence-electron chi connectivity index (χ0n) is 22.2. The lowest BCUT2D eigenvalue weighted by atomic mass is 9.36. The van der Waals surface area contributed by atoms with E-state index >= 15 is 0 Å². The van der Waals surface area contributed by atoms with Crippen molar-refractivity contribution in [3.63, 3.8) is 0 Å². The van der Waals surface area contributed by atoms with Gasteiger partial charge in [0.1, 0.15) is 5.60 Å². The third-order valence-electron chi connectivity index (χ3n) is 9.45. The second kappa shape index (κ2) is 8.76. The zero-order valence-corrected chi connectivity index (χ0v) is 22.2. The predicted molar refractivity (Wildman–Crippen MR) is 129 cm³/mol. The number of rotatable bonds is 8. The van der Waals surface area contributed by atoms with Gasteiger partial charge in [0.25, 0.3) is 0 Å². The molecule has 0 aromatic heterocycles. The number of carbonyl (C=O) groups is 2. The summed E-state index contributed by atoms with van der Waals surface area (Å²) in [7, 11) is 0. The highest BCUT2D eigenvalue weighted by Gasteiger charge is 2.69. The molecule has 6 heteroatoms. The summed E-state index contributed by atoms with van der Waals surface area (Å²) in [5, 5.41) is 11.5. The van der Waals surface area contributed by atoms with E-state index in [4.69, 9.17) is 14.2 Å². The zero-order chi connectivity index (χ0) is 25.0. The average molecular weight is 479 g/mol. The molecule has 5 aliphatic rings. The highest BCUT2D eigenvalue weighted by atomic mass is 16.7. The van der Waals surface area contributed by atoms with Crippen molar-refractivity contribution < 1.29 is 28.9 Å². The molecule has 5 fully saturated rings. The van der Waals surface area contributed by atoms with Crippen LogP contribution in [-0.2, 0) is 23.8 Å². The molecule has 34 heavy (non-hydrogen) atoms. The quantitative estimate of drug-likeness (QED) is 0.461. The maximum absolute atomic E-state index is 13.4. The van der Waals surface area contributed by atoms with E-state index in [9.17, 15) is 14.7 Å². The monoisotopic (exact) mass is 478 g/mol. The third-order valence-corrected chi connectivity index (χ3v) is 9.45. The minimum Gasteiger partial charge on any atom is -0.459 e. The molecule has 1 aliphatic heterocycles. The molecule has 5 atom stereocenters. The summed E-state index contributed by atoms with van der Waals surface area (Å²) in [5.74, 6) is -1.30. The Morgan fingerprint density at radius 3 is 2.21 bits per heavy atom. The number of aliphatic hydroxyl groups is 1. The summed E-state index contributed by atoms with van der Waals surface area (Å²) in [4.78, 5) is 26.0. The molecule has 5 unspecified atom stereocenters. The second-order valence-corrected chi connectivity index (χ2v) is 13.6. The van der Waals surface area contributed by atoms with Crippen LogP contribution in [0.4, 0.5) is 0 Å². The van der Waals surface area contributed by atoms with Gasteiger partial charge < -0.3 is 19.3 Å². The van der Waals surface area contributed by atoms with Crippen LogP contribution in [0.3, 0.4) is 0 Å². The van der Waals surface area contributed by atoms with Crippen LogP contribution < -0.4 is 0 Å². The van der Waals surface area contributed by atoms with Crippen LogP contribution in [0.1, 0.15) is 112 Å². The van der Waals surface area contributed by atoms with E-state index in [1.807, 2.05) is 27.7 Å². The van der Waals surface area contributed by atoms with E-state index in [0.717, 1.165) is 51.4 Å². The Morgan fingerprint density at radius 1 is 1.03 bits per heavy atom. The number of hydrogen-bond donors (Lipinski definition) is 1. The van der Waals surface area contributed by atoms with Crippen LogP contribution in [0.2, 0.25) is 0 Å². The Bertz CT molecular complexity index is 743. The fourth-order valence-corrected chi connectivity index (χ4v) is 8.72. The Labute approximate surface area is 205 Å². The molecule has 5 rings (SSSR count). The van der Waals surface area contributed by atoms with Gasteiger partial charge in [0, 0.05) is 11.8 Å². The molecule has 4 bridgehead atoms. The van der Waals surface area contributed by atoms with Crippen molar-refractivity contribution in [1.29, 1.82) is 0 Å². The molecule has 0 spiro atoms. The number of carbonyl (C=O) groups excluding carboxylic acids is 2.